The number of benzene rings is 1. The first-order valence-electron chi connectivity index (χ1n) is 9.05. The van der Waals surface area contributed by atoms with Gasteiger partial charge in [-0.15, -0.1) is 0 Å². The molecule has 1 amide bonds. The number of aromatic nitrogens is 2. The smallest absolute Gasteiger partial charge is 0.359 e. The van der Waals surface area contributed by atoms with Gasteiger partial charge in [0.1, 0.15) is 5.65 Å². The molecule has 0 unspecified atom stereocenters. The molecule has 1 aromatic carbocycles. The fraction of sp³-hybridized carbons (Fsp3) is 0.286. The second-order valence-corrected chi connectivity index (χ2v) is 6.95. The molecule has 6 heteroatoms. The van der Waals surface area contributed by atoms with Crippen LogP contribution in [0.3, 0.4) is 0 Å². The first-order valence-corrected chi connectivity index (χ1v) is 9.05. The van der Waals surface area contributed by atoms with Crippen LogP contribution in [0, 0.1) is 6.92 Å². The molecule has 0 spiro atoms. The van der Waals surface area contributed by atoms with E-state index in [0.717, 1.165) is 29.7 Å². The number of carbonyl (C=O) groups excluding carboxylic acids is 2. The van der Waals surface area contributed by atoms with E-state index < -0.39 is 5.97 Å². The Morgan fingerprint density at radius 2 is 2.07 bits per heavy atom. The quantitative estimate of drug-likeness (QED) is 0.671. The Morgan fingerprint density at radius 3 is 2.93 bits per heavy atom. The highest BCUT2D eigenvalue weighted by molar-refractivity contribution is 5.98. The summed E-state index contributed by atoms with van der Waals surface area (Å²) in [6.07, 6.45) is 5.29. The number of ether oxygens (including phenoxy) is 1. The lowest BCUT2D eigenvalue weighted by Gasteiger charge is -2.35. The molecule has 0 bridgehead atoms. The van der Waals surface area contributed by atoms with E-state index in [4.69, 9.17) is 4.74 Å². The first kappa shape index (κ1) is 17.3. The zero-order valence-corrected chi connectivity index (χ0v) is 15.4. The monoisotopic (exact) mass is 363 g/mol. The molecule has 1 aliphatic heterocycles. The summed E-state index contributed by atoms with van der Waals surface area (Å²) in [5, 5.41) is 0. The van der Waals surface area contributed by atoms with Crippen molar-refractivity contribution in [2.24, 2.45) is 0 Å². The minimum atomic E-state index is -0.595. The van der Waals surface area contributed by atoms with Crippen LogP contribution in [0.4, 0.5) is 5.69 Å². The molecular weight excluding hydrogens is 342 g/mol. The highest BCUT2D eigenvalue weighted by Gasteiger charge is 2.28. The number of nitrogens with zero attached hydrogens (tertiary/aromatic N) is 3. The highest BCUT2D eigenvalue weighted by Crippen LogP contribution is 2.30. The van der Waals surface area contributed by atoms with Gasteiger partial charge < -0.3 is 14.0 Å². The minimum Gasteiger partial charge on any atom is -0.451 e. The summed E-state index contributed by atoms with van der Waals surface area (Å²) >= 11 is 0. The highest BCUT2D eigenvalue weighted by atomic mass is 16.5. The van der Waals surface area contributed by atoms with Crippen molar-refractivity contribution in [3.05, 3.63) is 65.6 Å². The van der Waals surface area contributed by atoms with Crippen molar-refractivity contribution in [1.29, 1.82) is 0 Å². The van der Waals surface area contributed by atoms with E-state index in [0.29, 0.717) is 5.65 Å². The van der Waals surface area contributed by atoms with Crippen LogP contribution in [-0.4, -0.2) is 33.9 Å². The van der Waals surface area contributed by atoms with Gasteiger partial charge in [-0.05, 0) is 56.0 Å². The number of carbonyl (C=O) groups is 2. The van der Waals surface area contributed by atoms with E-state index in [2.05, 4.69) is 4.98 Å². The summed E-state index contributed by atoms with van der Waals surface area (Å²) in [6, 6.07) is 11.8. The predicted octanol–water partition coefficient (Wildman–Crippen LogP) is 3.17. The Kier molecular flexibility index (Phi) is 4.39. The summed E-state index contributed by atoms with van der Waals surface area (Å²) in [5.74, 6) is -0.815. The molecule has 0 N–H and O–H groups in total. The molecule has 0 fully saturated rings. The zero-order chi connectivity index (χ0) is 19.0. The van der Waals surface area contributed by atoms with Gasteiger partial charge in [0.15, 0.2) is 12.3 Å². The van der Waals surface area contributed by atoms with Crippen LogP contribution in [0.1, 0.15) is 35.0 Å². The lowest BCUT2D eigenvalue weighted by atomic mass is 9.96. The van der Waals surface area contributed by atoms with Crippen molar-refractivity contribution in [2.75, 3.05) is 11.5 Å². The molecule has 1 atom stereocenters. The van der Waals surface area contributed by atoms with Crippen molar-refractivity contribution in [1.82, 2.24) is 9.38 Å². The van der Waals surface area contributed by atoms with E-state index in [1.165, 1.54) is 0 Å². The number of hydrogen-bond acceptors (Lipinski definition) is 4. The molecule has 0 aliphatic carbocycles. The number of pyridine rings is 1. The number of anilines is 1. The molecule has 138 valence electrons. The SMILES string of the molecule is Cc1ccn2cc(C(=O)OCC(=O)N3c4ccccc4CC[C@@H]3C)nc2c1. The molecule has 6 nitrogen and oxygen atoms in total. The van der Waals surface area contributed by atoms with Crippen molar-refractivity contribution < 1.29 is 14.3 Å². The van der Waals surface area contributed by atoms with Gasteiger partial charge in [-0.25, -0.2) is 9.78 Å². The summed E-state index contributed by atoms with van der Waals surface area (Å²) in [4.78, 5) is 31.1. The third-order valence-electron chi connectivity index (χ3n) is 4.94. The standard InChI is InChI=1S/C21H21N3O3/c1-14-9-10-23-12-17(22-19(23)11-14)21(26)27-13-20(25)24-15(2)7-8-16-5-3-4-6-18(16)24/h3-6,9-12,15H,7-8,13H2,1-2H3/t15-/m0/s1. The van der Waals surface area contributed by atoms with Crippen LogP contribution in [-0.2, 0) is 16.0 Å². The topological polar surface area (TPSA) is 63.9 Å². The number of amides is 1. The first-order chi connectivity index (χ1) is 13.0. The van der Waals surface area contributed by atoms with Gasteiger partial charge in [0.2, 0.25) is 0 Å². The van der Waals surface area contributed by atoms with Crippen LogP contribution in [0.5, 0.6) is 0 Å². The molecule has 1 aliphatic rings. The number of aryl methyl sites for hydroxylation is 2. The van der Waals surface area contributed by atoms with E-state index >= 15 is 0 Å². The molecule has 0 radical (unpaired) electrons. The third kappa shape index (κ3) is 3.30. The Morgan fingerprint density at radius 1 is 1.26 bits per heavy atom. The lowest BCUT2D eigenvalue weighted by molar-refractivity contribution is -0.122. The van der Waals surface area contributed by atoms with Crippen LogP contribution in [0.15, 0.2) is 48.8 Å². The Balaban J connectivity index is 1.47. The maximum absolute atomic E-state index is 12.7. The molecule has 0 saturated carbocycles. The number of imidazole rings is 1. The molecule has 3 heterocycles. The number of hydrogen-bond donors (Lipinski definition) is 0. The maximum atomic E-state index is 12.7. The Hall–Kier alpha value is -3.15. The maximum Gasteiger partial charge on any atom is 0.359 e. The van der Waals surface area contributed by atoms with Crippen molar-refractivity contribution in [3.8, 4) is 0 Å². The van der Waals surface area contributed by atoms with Gasteiger partial charge >= 0.3 is 5.97 Å². The average Bonchev–Trinajstić information content (AvgIpc) is 3.09. The predicted molar refractivity (Wildman–Crippen MR) is 102 cm³/mol. The van der Waals surface area contributed by atoms with Crippen molar-refractivity contribution >= 4 is 23.2 Å². The second kappa shape index (κ2) is 6.87. The zero-order valence-electron chi connectivity index (χ0n) is 15.4. The van der Waals surface area contributed by atoms with Gasteiger partial charge in [0, 0.05) is 24.1 Å². The Labute approximate surface area is 157 Å². The molecule has 0 saturated heterocycles. The van der Waals surface area contributed by atoms with Crippen LogP contribution < -0.4 is 4.90 Å². The van der Waals surface area contributed by atoms with E-state index in [1.54, 1.807) is 15.5 Å². The van der Waals surface area contributed by atoms with Crippen molar-refractivity contribution in [3.63, 3.8) is 0 Å². The summed E-state index contributed by atoms with van der Waals surface area (Å²) in [7, 11) is 0. The fourth-order valence-electron chi connectivity index (χ4n) is 3.52. The van der Waals surface area contributed by atoms with Crippen LogP contribution in [0.25, 0.3) is 5.65 Å². The van der Waals surface area contributed by atoms with Gasteiger partial charge in [0.25, 0.3) is 5.91 Å². The number of para-hydroxylation sites is 1. The number of esters is 1. The second-order valence-electron chi connectivity index (χ2n) is 6.95. The largest absolute Gasteiger partial charge is 0.451 e. The van der Waals surface area contributed by atoms with Crippen LogP contribution >= 0.6 is 0 Å². The van der Waals surface area contributed by atoms with E-state index in [9.17, 15) is 9.59 Å². The molecule has 27 heavy (non-hydrogen) atoms. The average molecular weight is 363 g/mol. The summed E-state index contributed by atoms with van der Waals surface area (Å²) in [5.41, 5.74) is 3.97. The summed E-state index contributed by atoms with van der Waals surface area (Å²) < 4.78 is 7.02. The van der Waals surface area contributed by atoms with Gasteiger partial charge in [0.05, 0.1) is 0 Å². The van der Waals surface area contributed by atoms with Gasteiger partial charge in [-0.2, -0.15) is 0 Å². The lowest BCUT2D eigenvalue weighted by Crippen LogP contribution is -2.44. The number of rotatable bonds is 3. The third-order valence-corrected chi connectivity index (χ3v) is 4.94. The van der Waals surface area contributed by atoms with Crippen molar-refractivity contribution in [2.45, 2.75) is 32.7 Å². The summed E-state index contributed by atoms with van der Waals surface area (Å²) in [6.45, 7) is 3.67. The molecular formula is C21H21N3O3. The minimum absolute atomic E-state index is 0.0734. The van der Waals surface area contributed by atoms with Gasteiger partial charge in [-0.3, -0.25) is 4.79 Å². The normalized spacial score (nSPS) is 16.2. The van der Waals surface area contributed by atoms with E-state index in [-0.39, 0.29) is 24.2 Å². The molecule has 4 rings (SSSR count). The number of fused-ring (bicyclic) bond motifs is 2. The fourth-order valence-corrected chi connectivity index (χ4v) is 3.52. The Bertz CT molecular complexity index is 1020. The van der Waals surface area contributed by atoms with Gasteiger partial charge in [-0.1, -0.05) is 18.2 Å². The molecule has 3 aromatic rings. The van der Waals surface area contributed by atoms with Crippen LogP contribution in [0.2, 0.25) is 0 Å². The molecule has 2 aromatic heterocycles. The van der Waals surface area contributed by atoms with E-state index in [1.807, 2.05) is 56.4 Å².